The first-order valence-electron chi connectivity index (χ1n) is 6.42. The summed E-state index contributed by atoms with van der Waals surface area (Å²) in [5.41, 5.74) is 0.283. The third-order valence-corrected chi connectivity index (χ3v) is 4.42. The fraction of sp³-hybridized carbons (Fsp3) is 0.714. The summed E-state index contributed by atoms with van der Waals surface area (Å²) < 4.78 is 0. The first-order chi connectivity index (χ1) is 7.93. The number of nitrogens with zero attached hydrogens (tertiary/aromatic N) is 1. The van der Waals surface area contributed by atoms with Crippen LogP contribution in [0.25, 0.3) is 0 Å². The van der Waals surface area contributed by atoms with Gasteiger partial charge in [0.2, 0.25) is 0 Å². The molecule has 1 rings (SSSR count). The van der Waals surface area contributed by atoms with Crippen molar-refractivity contribution in [3.63, 3.8) is 0 Å². The molecule has 17 heavy (non-hydrogen) atoms. The number of rotatable bonds is 6. The van der Waals surface area contributed by atoms with Gasteiger partial charge in [-0.2, -0.15) is 0 Å². The molecule has 0 aromatic carbocycles. The predicted molar refractivity (Wildman–Crippen MR) is 77.9 cm³/mol. The van der Waals surface area contributed by atoms with Crippen molar-refractivity contribution < 1.29 is 0 Å². The van der Waals surface area contributed by atoms with Crippen LogP contribution in [0.4, 0.5) is 0 Å². The van der Waals surface area contributed by atoms with Crippen LogP contribution in [0.3, 0.4) is 0 Å². The Morgan fingerprint density at radius 1 is 1.29 bits per heavy atom. The van der Waals surface area contributed by atoms with E-state index in [0.717, 1.165) is 26.2 Å². The molecule has 0 radical (unpaired) electrons. The van der Waals surface area contributed by atoms with Gasteiger partial charge in [0.25, 0.3) is 0 Å². The molecule has 0 bridgehead atoms. The molecule has 1 aromatic heterocycles. The molecule has 0 saturated carbocycles. The molecule has 1 N–H and O–H groups in total. The second-order valence-corrected chi connectivity index (χ2v) is 6.76. The zero-order valence-corrected chi connectivity index (χ0v) is 12.7. The molecule has 98 valence electrons. The topological polar surface area (TPSA) is 15.3 Å². The third kappa shape index (κ3) is 5.19. The van der Waals surface area contributed by atoms with Gasteiger partial charge >= 0.3 is 0 Å². The van der Waals surface area contributed by atoms with Crippen molar-refractivity contribution in [3.8, 4) is 0 Å². The number of nitrogens with one attached hydrogen (secondary N) is 1. The highest BCUT2D eigenvalue weighted by atomic mass is 32.1. The molecule has 0 spiro atoms. The summed E-state index contributed by atoms with van der Waals surface area (Å²) in [7, 11) is 2.16. The van der Waals surface area contributed by atoms with Gasteiger partial charge in [0, 0.05) is 29.4 Å². The minimum Gasteiger partial charge on any atom is -0.311 e. The van der Waals surface area contributed by atoms with E-state index in [4.69, 9.17) is 0 Å². The van der Waals surface area contributed by atoms with E-state index in [0.29, 0.717) is 0 Å². The molecule has 1 aromatic rings. The minimum absolute atomic E-state index is 0.283. The second kappa shape index (κ2) is 6.53. The summed E-state index contributed by atoms with van der Waals surface area (Å²) in [6.45, 7) is 13.3. The van der Waals surface area contributed by atoms with Crippen LogP contribution in [0.5, 0.6) is 0 Å². The van der Waals surface area contributed by atoms with E-state index < -0.39 is 0 Å². The van der Waals surface area contributed by atoms with Crippen molar-refractivity contribution in [2.45, 2.75) is 39.7 Å². The zero-order chi connectivity index (χ0) is 12.9. The number of thiophene rings is 1. The van der Waals surface area contributed by atoms with Gasteiger partial charge < -0.3 is 10.2 Å². The first-order valence-corrected chi connectivity index (χ1v) is 7.23. The summed E-state index contributed by atoms with van der Waals surface area (Å²) in [6, 6.07) is 4.52. The van der Waals surface area contributed by atoms with Crippen molar-refractivity contribution in [2.24, 2.45) is 0 Å². The number of hydrogen-bond donors (Lipinski definition) is 1. The van der Waals surface area contributed by atoms with E-state index in [1.807, 2.05) is 11.3 Å². The maximum atomic E-state index is 3.50. The monoisotopic (exact) mass is 254 g/mol. The summed E-state index contributed by atoms with van der Waals surface area (Å²) >= 11 is 1.93. The quantitative estimate of drug-likeness (QED) is 0.785. The van der Waals surface area contributed by atoms with Crippen molar-refractivity contribution in [1.82, 2.24) is 10.2 Å². The van der Waals surface area contributed by atoms with Gasteiger partial charge in [0.15, 0.2) is 0 Å². The molecule has 0 fully saturated rings. The Morgan fingerprint density at radius 2 is 2.00 bits per heavy atom. The Hall–Kier alpha value is -0.380. The average molecular weight is 254 g/mol. The van der Waals surface area contributed by atoms with Crippen LogP contribution in [0.15, 0.2) is 12.1 Å². The molecular weight excluding hydrogens is 228 g/mol. The SMILES string of the molecule is CCN(C)CCNCc1ccc(C(C)(C)C)s1. The van der Waals surface area contributed by atoms with Crippen LogP contribution in [-0.2, 0) is 12.0 Å². The molecule has 0 aliphatic carbocycles. The van der Waals surface area contributed by atoms with E-state index in [1.54, 1.807) is 0 Å². The standard InChI is InChI=1S/C14H26N2S/c1-6-16(5)10-9-15-11-12-7-8-13(17-12)14(2,3)4/h7-8,15H,6,9-11H2,1-5H3. The Labute approximate surface area is 110 Å². The first kappa shape index (κ1) is 14.7. The lowest BCUT2D eigenvalue weighted by Crippen LogP contribution is -2.28. The highest BCUT2D eigenvalue weighted by molar-refractivity contribution is 7.12. The fourth-order valence-electron chi connectivity index (χ4n) is 1.52. The smallest absolute Gasteiger partial charge is 0.0300 e. The molecular formula is C14H26N2S. The molecule has 3 heteroatoms. The molecule has 0 amide bonds. The number of hydrogen-bond acceptors (Lipinski definition) is 3. The van der Waals surface area contributed by atoms with Crippen molar-refractivity contribution in [1.29, 1.82) is 0 Å². The largest absolute Gasteiger partial charge is 0.311 e. The highest BCUT2D eigenvalue weighted by Crippen LogP contribution is 2.29. The van der Waals surface area contributed by atoms with Crippen LogP contribution >= 0.6 is 11.3 Å². The van der Waals surface area contributed by atoms with Gasteiger partial charge in [-0.3, -0.25) is 0 Å². The van der Waals surface area contributed by atoms with Gasteiger partial charge in [0.05, 0.1) is 0 Å². The molecule has 2 nitrogen and oxygen atoms in total. The highest BCUT2D eigenvalue weighted by Gasteiger charge is 2.15. The molecule has 1 heterocycles. The van der Waals surface area contributed by atoms with Crippen LogP contribution in [0.2, 0.25) is 0 Å². The van der Waals surface area contributed by atoms with Gasteiger partial charge in [-0.25, -0.2) is 0 Å². The van der Waals surface area contributed by atoms with Crippen molar-refractivity contribution in [3.05, 3.63) is 21.9 Å². The summed E-state index contributed by atoms with van der Waals surface area (Å²) in [5, 5.41) is 3.50. The zero-order valence-electron chi connectivity index (χ0n) is 11.8. The van der Waals surface area contributed by atoms with E-state index >= 15 is 0 Å². The summed E-state index contributed by atoms with van der Waals surface area (Å²) in [5.74, 6) is 0. The fourth-order valence-corrected chi connectivity index (χ4v) is 2.55. The van der Waals surface area contributed by atoms with Gasteiger partial charge in [-0.05, 0) is 31.1 Å². The Balaban J connectivity index is 2.31. The number of likely N-dealkylation sites (N-methyl/N-ethyl adjacent to an activating group) is 1. The molecule has 0 aliphatic heterocycles. The van der Waals surface area contributed by atoms with Crippen molar-refractivity contribution in [2.75, 3.05) is 26.7 Å². The van der Waals surface area contributed by atoms with E-state index in [-0.39, 0.29) is 5.41 Å². The van der Waals surface area contributed by atoms with Gasteiger partial charge in [-0.15, -0.1) is 11.3 Å². The predicted octanol–water partition coefficient (Wildman–Crippen LogP) is 3.09. The van der Waals surface area contributed by atoms with E-state index in [2.05, 4.69) is 57.1 Å². The van der Waals surface area contributed by atoms with Crippen LogP contribution in [-0.4, -0.2) is 31.6 Å². The maximum absolute atomic E-state index is 3.50. The summed E-state index contributed by atoms with van der Waals surface area (Å²) in [4.78, 5) is 5.23. The van der Waals surface area contributed by atoms with E-state index in [1.165, 1.54) is 9.75 Å². The van der Waals surface area contributed by atoms with Crippen LogP contribution in [0.1, 0.15) is 37.4 Å². The molecule has 0 saturated heterocycles. The van der Waals surface area contributed by atoms with Gasteiger partial charge in [0.1, 0.15) is 0 Å². The Morgan fingerprint density at radius 3 is 2.53 bits per heavy atom. The van der Waals surface area contributed by atoms with Crippen molar-refractivity contribution >= 4 is 11.3 Å². The average Bonchev–Trinajstić information content (AvgIpc) is 2.72. The Kier molecular flexibility index (Phi) is 5.63. The molecule has 0 aliphatic rings. The maximum Gasteiger partial charge on any atom is 0.0300 e. The lowest BCUT2D eigenvalue weighted by atomic mass is 9.95. The van der Waals surface area contributed by atoms with Gasteiger partial charge in [-0.1, -0.05) is 27.7 Å². The molecule has 0 atom stereocenters. The second-order valence-electron chi connectivity index (χ2n) is 5.59. The minimum atomic E-state index is 0.283. The lowest BCUT2D eigenvalue weighted by molar-refractivity contribution is 0.349. The lowest BCUT2D eigenvalue weighted by Gasteiger charge is -2.15. The van der Waals surface area contributed by atoms with E-state index in [9.17, 15) is 0 Å². The summed E-state index contributed by atoms with van der Waals surface area (Å²) in [6.07, 6.45) is 0. The third-order valence-electron chi connectivity index (χ3n) is 2.91. The van der Waals surface area contributed by atoms with Crippen LogP contribution < -0.4 is 5.32 Å². The Bertz CT molecular complexity index is 325. The normalized spacial score (nSPS) is 12.4. The van der Waals surface area contributed by atoms with Crippen LogP contribution in [0, 0.1) is 0 Å². The molecule has 0 unspecified atom stereocenters.